The largest absolute Gasteiger partial charge is 0.792 e. The SMILES string of the molecule is CC(=N[O-])C(C)=N[O-].CC(=N[O-])C(C)=N[O-].Cc1ccc(S(=O)[O-])cc1.O.[Co]. The minimum atomic E-state index is -2.09. The molecule has 0 bridgehead atoms. The van der Waals surface area contributed by atoms with Gasteiger partial charge in [-0.3, -0.25) is 4.21 Å². The zero-order chi connectivity index (χ0) is 20.7. The third-order valence-corrected chi connectivity index (χ3v) is 3.47. The predicted molar refractivity (Wildman–Crippen MR) is 108 cm³/mol. The predicted octanol–water partition coefficient (Wildman–Crippen LogP) is 2.21. The van der Waals surface area contributed by atoms with Crippen LogP contribution in [0.1, 0.15) is 33.3 Å². The Labute approximate surface area is 175 Å². The van der Waals surface area contributed by atoms with Crippen molar-refractivity contribution >= 4 is 33.9 Å². The summed E-state index contributed by atoms with van der Waals surface area (Å²) in [6.07, 6.45) is 0. The van der Waals surface area contributed by atoms with Gasteiger partial charge in [0.25, 0.3) is 0 Å². The molecule has 0 amide bonds. The molecule has 0 saturated heterocycles. The van der Waals surface area contributed by atoms with Crippen molar-refractivity contribution in [2.24, 2.45) is 20.6 Å². The summed E-state index contributed by atoms with van der Waals surface area (Å²) >= 11 is -2.09. The fourth-order valence-electron chi connectivity index (χ4n) is 0.914. The molecular weight excluding hydrogens is 439 g/mol. The fraction of sp³-hybridized carbons (Fsp3) is 0.333. The first-order chi connectivity index (χ1) is 12.1. The molecule has 2 N–H and O–H groups in total. The Hall–Kier alpha value is -2.32. The molecule has 0 aromatic heterocycles. The minimum absolute atomic E-state index is 0. The first-order valence-corrected chi connectivity index (χ1v) is 8.06. The van der Waals surface area contributed by atoms with Crippen LogP contribution < -0.4 is 0 Å². The molecule has 11 nitrogen and oxygen atoms in total. The van der Waals surface area contributed by atoms with Crippen molar-refractivity contribution in [2.45, 2.75) is 39.5 Å². The molecule has 163 valence electrons. The monoisotopic (exact) mass is 460 g/mol. The first kappa shape index (κ1) is 33.3. The van der Waals surface area contributed by atoms with Crippen molar-refractivity contribution < 1.29 is 31.0 Å². The fourth-order valence-corrected chi connectivity index (χ4v) is 1.27. The third kappa shape index (κ3) is 15.9. The van der Waals surface area contributed by atoms with Gasteiger partial charge in [-0.15, -0.1) is 0 Å². The Morgan fingerprint density at radius 2 is 1.00 bits per heavy atom. The molecule has 1 aromatic rings. The summed E-state index contributed by atoms with van der Waals surface area (Å²) < 4.78 is 20.6. The molecule has 0 aliphatic rings. The summed E-state index contributed by atoms with van der Waals surface area (Å²) in [5.41, 5.74) is 1.62. The summed E-state index contributed by atoms with van der Waals surface area (Å²) in [4.78, 5) is 0.339. The molecule has 1 atom stereocenters. The molecule has 1 aromatic carbocycles. The van der Waals surface area contributed by atoms with Crippen molar-refractivity contribution in [2.75, 3.05) is 0 Å². The van der Waals surface area contributed by atoms with Gasteiger partial charge in [0, 0.05) is 44.5 Å². The number of hydrogen-bond donors (Lipinski definition) is 0. The number of nitrogens with zero attached hydrogens (tertiary/aromatic N) is 4. The Bertz CT molecular complexity index is 628. The second kappa shape index (κ2) is 19.4. The molecule has 13 heteroatoms. The molecule has 0 saturated carbocycles. The first-order valence-electron chi connectivity index (χ1n) is 6.98. The average Bonchev–Trinajstić information content (AvgIpc) is 2.66. The topological polar surface area (TPSA) is 213 Å². The Balaban J connectivity index is -0.000000151. The second-order valence-corrected chi connectivity index (χ2v) is 5.70. The van der Waals surface area contributed by atoms with Crippen LogP contribution in [0.2, 0.25) is 0 Å². The van der Waals surface area contributed by atoms with Crippen LogP contribution in [-0.4, -0.2) is 37.1 Å². The second-order valence-electron chi connectivity index (χ2n) is 4.75. The van der Waals surface area contributed by atoms with Gasteiger partial charge in [0.1, 0.15) is 0 Å². The molecule has 1 radical (unpaired) electrons. The van der Waals surface area contributed by atoms with Crippen molar-refractivity contribution in [3.63, 3.8) is 0 Å². The quantitative estimate of drug-likeness (QED) is 0.374. The van der Waals surface area contributed by atoms with E-state index in [1.807, 2.05) is 6.92 Å². The molecule has 0 spiro atoms. The van der Waals surface area contributed by atoms with Gasteiger partial charge in [-0.2, -0.15) is 0 Å². The summed E-state index contributed by atoms with van der Waals surface area (Å²) in [5.74, 6) is 0. The van der Waals surface area contributed by atoms with Crippen molar-refractivity contribution in [3.8, 4) is 0 Å². The molecule has 0 fully saturated rings. The smallest absolute Gasteiger partial charge is 0.0465 e. The number of hydrogen-bond acceptors (Lipinski definition) is 10. The van der Waals surface area contributed by atoms with Crippen LogP contribution in [0.25, 0.3) is 0 Å². The van der Waals surface area contributed by atoms with E-state index in [-0.39, 0.29) is 45.1 Å². The van der Waals surface area contributed by atoms with Gasteiger partial charge in [-0.05, 0) is 57.8 Å². The van der Waals surface area contributed by atoms with Gasteiger partial charge in [0.05, 0.1) is 0 Å². The van der Waals surface area contributed by atoms with E-state index in [2.05, 4.69) is 20.6 Å². The van der Waals surface area contributed by atoms with Gasteiger partial charge < -0.3 is 51.5 Å². The van der Waals surface area contributed by atoms with Crippen LogP contribution in [0.4, 0.5) is 0 Å². The summed E-state index contributed by atoms with van der Waals surface area (Å²) in [6, 6.07) is 6.70. The summed E-state index contributed by atoms with van der Waals surface area (Å²) in [6.45, 7) is 7.65. The van der Waals surface area contributed by atoms with Gasteiger partial charge in [-0.25, -0.2) is 0 Å². The zero-order valence-electron chi connectivity index (χ0n) is 15.8. The van der Waals surface area contributed by atoms with Gasteiger partial charge >= 0.3 is 0 Å². The van der Waals surface area contributed by atoms with Crippen molar-refractivity contribution in [1.82, 2.24) is 0 Å². The van der Waals surface area contributed by atoms with E-state index >= 15 is 0 Å². The molecule has 0 heterocycles. The maximum atomic E-state index is 10.3. The van der Waals surface area contributed by atoms with E-state index in [0.717, 1.165) is 5.56 Å². The van der Waals surface area contributed by atoms with Gasteiger partial charge in [0.2, 0.25) is 0 Å². The maximum absolute atomic E-state index is 10.3. The van der Waals surface area contributed by atoms with E-state index in [4.69, 9.17) is 0 Å². The van der Waals surface area contributed by atoms with Crippen molar-refractivity contribution in [3.05, 3.63) is 50.7 Å². The van der Waals surface area contributed by atoms with Crippen LogP contribution >= 0.6 is 0 Å². The van der Waals surface area contributed by atoms with E-state index in [1.165, 1.54) is 27.7 Å². The molecular formula is C15H21CoN4O7S-5. The molecule has 28 heavy (non-hydrogen) atoms. The van der Waals surface area contributed by atoms with E-state index in [0.29, 0.717) is 4.90 Å². The van der Waals surface area contributed by atoms with Crippen LogP contribution in [-0.2, 0) is 27.9 Å². The van der Waals surface area contributed by atoms with Crippen LogP contribution in [0.5, 0.6) is 0 Å². The third-order valence-electron chi connectivity index (χ3n) is 2.81. The molecule has 1 rings (SSSR count). The molecule has 1 unspecified atom stereocenters. The van der Waals surface area contributed by atoms with E-state index < -0.39 is 11.1 Å². The average molecular weight is 460 g/mol. The normalized spacial score (nSPS) is 12.8. The Morgan fingerprint density at radius 3 is 1.18 bits per heavy atom. The standard InChI is InChI=1S/C7H8O2S.2C4H8N2O2.Co.H2O/c1-6-2-4-7(5-3-6)10(8)9;2*1-3(5-7)4(2)6-8;;/h2-5H,1H3,(H,8,9);2*7-8H,1-2H3;;1H2/p-5. The number of benzene rings is 1. The van der Waals surface area contributed by atoms with E-state index in [9.17, 15) is 29.6 Å². The van der Waals surface area contributed by atoms with Crippen molar-refractivity contribution in [1.29, 1.82) is 0 Å². The minimum Gasteiger partial charge on any atom is -0.792 e. The number of rotatable bonds is 3. The molecule has 0 aliphatic heterocycles. The van der Waals surface area contributed by atoms with Gasteiger partial charge in [-0.1, -0.05) is 17.7 Å². The van der Waals surface area contributed by atoms with Crippen LogP contribution in [0.3, 0.4) is 0 Å². The van der Waals surface area contributed by atoms with Gasteiger partial charge in [0.15, 0.2) is 0 Å². The zero-order valence-corrected chi connectivity index (χ0v) is 17.6. The van der Waals surface area contributed by atoms with Crippen LogP contribution in [0.15, 0.2) is 49.8 Å². The molecule has 0 aliphatic carbocycles. The van der Waals surface area contributed by atoms with E-state index in [1.54, 1.807) is 24.3 Å². The Kier molecular flexibility index (Phi) is 23.1. The number of aryl methyl sites for hydroxylation is 1. The summed E-state index contributed by atoms with van der Waals surface area (Å²) in [5, 5.41) is 48.4. The summed E-state index contributed by atoms with van der Waals surface area (Å²) in [7, 11) is 0. The Morgan fingerprint density at radius 1 is 0.750 bits per heavy atom. The maximum Gasteiger partial charge on any atom is 0.0465 e. The van der Waals surface area contributed by atoms with Crippen LogP contribution in [0, 0.1) is 27.8 Å².